The number of rotatable bonds is 26. The normalized spacial score (nSPS) is 11.6. The molecule has 0 atom stereocenters. The van der Waals surface area contributed by atoms with Crippen molar-refractivity contribution in [2.45, 2.75) is 148 Å². The molecule has 0 aromatic heterocycles. The summed E-state index contributed by atoms with van der Waals surface area (Å²) in [4.78, 5) is 0. The minimum atomic E-state index is 0. The maximum Gasteiger partial charge on any atom is 0.0780 e. The average Bonchev–Trinajstić information content (AvgIpc) is 2.79. The molecule has 0 aromatic carbocycles. The molecule has 0 saturated carbocycles. The molecule has 0 rings (SSSR count). The molecular weight excluding hydrogens is 702 g/mol. The van der Waals surface area contributed by atoms with E-state index in [9.17, 15) is 0 Å². The summed E-state index contributed by atoms with van der Waals surface area (Å²) in [5, 5.41) is 0. The lowest BCUT2D eigenvalue weighted by molar-refractivity contribution is -0.870. The first kappa shape index (κ1) is 51.9. The van der Waals surface area contributed by atoms with Crippen LogP contribution in [0.4, 0.5) is 0 Å². The van der Waals surface area contributed by atoms with Gasteiger partial charge in [-0.3, -0.25) is 0 Å². The fourth-order valence-electron chi connectivity index (χ4n) is 5.01. The van der Waals surface area contributed by atoms with E-state index in [1.165, 1.54) is 161 Å². The molecule has 0 N–H and O–H groups in total. The standard InChI is InChI=1S/C19H42N.C16H38N2.3BrH/c1-5-6-7-8-9-10-11-12-13-14-15-16-17-18-19-20(2,3)4;1-17(2,3)15-13-11-9-7-8-10-12-14-16-18(4,5)6;;;/h5-19H2,1-4H3;7-16H2,1-6H3;3*1H/q+1;+2;;;/p-3. The highest BCUT2D eigenvalue weighted by molar-refractivity contribution is 4.49. The highest BCUT2D eigenvalue weighted by atomic mass is 79.9. The molecule has 0 spiro atoms. The summed E-state index contributed by atoms with van der Waals surface area (Å²) in [7, 11) is 20.6. The van der Waals surface area contributed by atoms with Gasteiger partial charge in [0.1, 0.15) is 0 Å². The maximum absolute atomic E-state index is 2.29. The quantitative estimate of drug-likeness (QED) is 0.0898. The minimum Gasteiger partial charge on any atom is -1.00 e. The van der Waals surface area contributed by atoms with Crippen LogP contribution < -0.4 is 50.9 Å². The van der Waals surface area contributed by atoms with Gasteiger partial charge in [0, 0.05) is 0 Å². The van der Waals surface area contributed by atoms with Crippen LogP contribution in [-0.4, -0.2) is 96.5 Å². The third-order valence-electron chi connectivity index (χ3n) is 7.59. The molecule has 0 saturated heterocycles. The zero-order chi connectivity index (χ0) is 29.2. The number of hydrogen-bond donors (Lipinski definition) is 0. The molecule has 6 heteroatoms. The number of unbranched alkanes of at least 4 members (excludes halogenated alkanes) is 20. The summed E-state index contributed by atoms with van der Waals surface area (Å²) in [6.07, 6.45) is 31.8. The lowest BCUT2D eigenvalue weighted by Crippen LogP contribution is -3.00. The molecule has 0 aliphatic heterocycles. The van der Waals surface area contributed by atoms with Crippen LogP contribution in [0.25, 0.3) is 0 Å². The lowest BCUT2D eigenvalue weighted by atomic mass is 10.0. The van der Waals surface area contributed by atoms with Crippen molar-refractivity contribution in [1.29, 1.82) is 0 Å². The van der Waals surface area contributed by atoms with Crippen LogP contribution >= 0.6 is 0 Å². The Balaban J connectivity index is -0.000000197. The van der Waals surface area contributed by atoms with Gasteiger partial charge in [-0.05, 0) is 38.5 Å². The number of hydrogen-bond acceptors (Lipinski definition) is 0. The van der Waals surface area contributed by atoms with Crippen LogP contribution in [0.2, 0.25) is 0 Å². The van der Waals surface area contributed by atoms with Gasteiger partial charge in [-0.25, -0.2) is 0 Å². The van der Waals surface area contributed by atoms with E-state index in [-0.39, 0.29) is 50.9 Å². The fourth-order valence-corrected chi connectivity index (χ4v) is 5.01. The van der Waals surface area contributed by atoms with Crippen molar-refractivity contribution < 1.29 is 64.4 Å². The van der Waals surface area contributed by atoms with Crippen molar-refractivity contribution in [3.63, 3.8) is 0 Å². The summed E-state index contributed by atoms with van der Waals surface area (Å²) in [6.45, 7) is 6.27. The van der Waals surface area contributed by atoms with Gasteiger partial charge in [0.15, 0.2) is 0 Å². The van der Waals surface area contributed by atoms with Gasteiger partial charge in [0.05, 0.1) is 83.1 Å². The second kappa shape index (κ2) is 34.2. The molecule has 0 aliphatic carbocycles. The van der Waals surface area contributed by atoms with Gasteiger partial charge in [0.2, 0.25) is 0 Å². The van der Waals surface area contributed by atoms with E-state index in [2.05, 4.69) is 70.4 Å². The molecule has 0 aromatic rings. The summed E-state index contributed by atoms with van der Waals surface area (Å²) in [6, 6.07) is 0. The highest BCUT2D eigenvalue weighted by Crippen LogP contribution is 2.13. The van der Waals surface area contributed by atoms with Crippen LogP contribution in [0, 0.1) is 0 Å². The van der Waals surface area contributed by atoms with Gasteiger partial charge in [0.25, 0.3) is 0 Å². The van der Waals surface area contributed by atoms with Gasteiger partial charge in [-0.15, -0.1) is 0 Å². The molecule has 0 fully saturated rings. The Labute approximate surface area is 294 Å². The molecule has 3 nitrogen and oxygen atoms in total. The zero-order valence-electron chi connectivity index (χ0n) is 30.2. The Morgan fingerprint density at radius 2 is 0.390 bits per heavy atom. The molecule has 0 bridgehead atoms. The zero-order valence-corrected chi connectivity index (χ0v) is 34.9. The maximum atomic E-state index is 2.29. The minimum absolute atomic E-state index is 0. The lowest BCUT2D eigenvalue weighted by Gasteiger charge is -2.23. The van der Waals surface area contributed by atoms with E-state index in [1.54, 1.807) is 0 Å². The molecule has 0 heterocycles. The second-order valence-electron chi connectivity index (χ2n) is 15.5. The number of halogens is 3. The Kier molecular flexibility index (Phi) is 43.3. The predicted octanol–water partition coefficient (Wildman–Crippen LogP) is 0.706. The van der Waals surface area contributed by atoms with Crippen molar-refractivity contribution in [2.75, 3.05) is 83.1 Å². The Bertz CT molecular complexity index is 447. The average molecular weight is 783 g/mol. The van der Waals surface area contributed by atoms with Crippen LogP contribution in [-0.2, 0) is 0 Å². The second-order valence-corrected chi connectivity index (χ2v) is 15.5. The molecule has 0 unspecified atom stereocenters. The SMILES string of the molecule is CCCCCCCCCCCCCCCC[N+](C)(C)C.C[N+](C)(C)CCCCCCCCCC[N+](C)(C)C.[Br-].[Br-].[Br-]. The van der Waals surface area contributed by atoms with E-state index >= 15 is 0 Å². The van der Waals surface area contributed by atoms with Gasteiger partial charge < -0.3 is 64.4 Å². The van der Waals surface area contributed by atoms with Crippen molar-refractivity contribution >= 4 is 0 Å². The highest BCUT2D eigenvalue weighted by Gasteiger charge is 2.07. The third kappa shape index (κ3) is 57.5. The summed E-state index contributed by atoms with van der Waals surface area (Å²) < 4.78 is 3.36. The fraction of sp³-hybridized carbons (Fsp3) is 1.00. The van der Waals surface area contributed by atoms with E-state index in [0.717, 1.165) is 13.4 Å². The van der Waals surface area contributed by atoms with Gasteiger partial charge in [-0.1, -0.05) is 110 Å². The Morgan fingerprint density at radius 3 is 0.537 bits per heavy atom. The molecule has 0 amide bonds. The van der Waals surface area contributed by atoms with E-state index < -0.39 is 0 Å². The summed E-state index contributed by atoms with van der Waals surface area (Å²) in [5.41, 5.74) is 0. The smallest absolute Gasteiger partial charge is 0.0780 e. The molecule has 41 heavy (non-hydrogen) atoms. The first-order valence-corrected chi connectivity index (χ1v) is 17.2. The summed E-state index contributed by atoms with van der Waals surface area (Å²) >= 11 is 0. The van der Waals surface area contributed by atoms with E-state index in [4.69, 9.17) is 0 Å². The largest absolute Gasteiger partial charge is 1.00 e. The van der Waals surface area contributed by atoms with Crippen LogP contribution in [0.15, 0.2) is 0 Å². The van der Waals surface area contributed by atoms with Crippen LogP contribution in [0.3, 0.4) is 0 Å². The van der Waals surface area contributed by atoms with Crippen LogP contribution in [0.5, 0.6) is 0 Å². The summed E-state index contributed by atoms with van der Waals surface area (Å²) in [5.74, 6) is 0. The predicted molar refractivity (Wildman–Crippen MR) is 176 cm³/mol. The van der Waals surface area contributed by atoms with Crippen molar-refractivity contribution in [3.8, 4) is 0 Å². The first-order valence-electron chi connectivity index (χ1n) is 17.2. The van der Waals surface area contributed by atoms with Gasteiger partial charge in [-0.2, -0.15) is 0 Å². The monoisotopic (exact) mass is 779 g/mol. The molecule has 0 aliphatic rings. The van der Waals surface area contributed by atoms with Crippen molar-refractivity contribution in [1.82, 2.24) is 0 Å². The Hall–Kier alpha value is 1.32. The van der Waals surface area contributed by atoms with E-state index in [0.29, 0.717) is 0 Å². The number of quaternary nitrogens is 3. The van der Waals surface area contributed by atoms with Crippen molar-refractivity contribution in [3.05, 3.63) is 0 Å². The topological polar surface area (TPSA) is 0 Å². The van der Waals surface area contributed by atoms with Gasteiger partial charge >= 0.3 is 0 Å². The van der Waals surface area contributed by atoms with E-state index in [1.807, 2.05) is 0 Å². The molecule has 256 valence electrons. The first-order chi connectivity index (χ1) is 17.8. The van der Waals surface area contributed by atoms with Crippen LogP contribution in [0.1, 0.15) is 148 Å². The van der Waals surface area contributed by atoms with Crippen molar-refractivity contribution in [2.24, 2.45) is 0 Å². The third-order valence-corrected chi connectivity index (χ3v) is 7.59. The molecular formula is C35H80Br3N3. The Morgan fingerprint density at radius 1 is 0.244 bits per heavy atom. The number of nitrogens with zero attached hydrogens (tertiary/aromatic N) is 3. The molecule has 0 radical (unpaired) electrons.